The van der Waals surface area contributed by atoms with E-state index in [0.717, 1.165) is 19.3 Å². The molecule has 0 radical (unpaired) electrons. The summed E-state index contributed by atoms with van der Waals surface area (Å²) in [6.45, 7) is 18.4. The van der Waals surface area contributed by atoms with Gasteiger partial charge < -0.3 is 24.7 Å². The van der Waals surface area contributed by atoms with Crippen LogP contribution in [0.4, 0.5) is 4.79 Å². The van der Waals surface area contributed by atoms with Gasteiger partial charge in [0.25, 0.3) is 0 Å². The minimum absolute atomic E-state index is 0.0712. The molecule has 4 rings (SSSR count). The Kier molecular flexibility index (Phi) is 7.50. The number of hydrogen-bond donors (Lipinski definition) is 2. The fourth-order valence-electron chi connectivity index (χ4n) is 6.09. The molecule has 0 aromatic rings. The minimum Gasteiger partial charge on any atom is -0.444 e. The van der Waals surface area contributed by atoms with E-state index in [-0.39, 0.29) is 34.9 Å². The molecular weight excluding hydrogens is 419 g/mol. The third kappa shape index (κ3) is 5.53. The van der Waals surface area contributed by atoms with Crippen LogP contribution in [0.2, 0.25) is 0 Å². The number of ether oxygens (including phenoxy) is 1. The molecule has 0 unspecified atom stereocenters. The Hall–Kier alpha value is -1.28. The summed E-state index contributed by atoms with van der Waals surface area (Å²) in [6.07, 6.45) is 3.86. The molecule has 1 heterocycles. The summed E-state index contributed by atoms with van der Waals surface area (Å²) in [5.41, 5.74) is -0.669. The molecule has 188 valence electrons. The molecule has 3 aliphatic carbocycles. The molecule has 0 spiro atoms. The van der Waals surface area contributed by atoms with Gasteiger partial charge in [0.15, 0.2) is 0 Å². The average Bonchev–Trinajstić information content (AvgIpc) is 3.02. The first kappa shape index (κ1) is 26.3. The molecule has 2 N–H and O–H groups in total. The van der Waals surface area contributed by atoms with Crippen molar-refractivity contribution in [2.24, 2.45) is 23.2 Å². The number of carbonyl (C=O) groups excluding carboxylic acids is 2. The highest BCUT2D eigenvalue weighted by Gasteiger charge is 2.68. The van der Waals surface area contributed by atoms with Crippen molar-refractivity contribution in [1.82, 2.24) is 10.6 Å². The molecule has 1 aliphatic heterocycles. The number of carbonyl (C=O) groups is 2. The molecule has 8 heteroatoms. The molecule has 7 nitrogen and oxygen atoms in total. The van der Waals surface area contributed by atoms with Crippen LogP contribution in [0, 0.1) is 23.2 Å². The molecule has 4 aliphatic rings. The zero-order valence-corrected chi connectivity index (χ0v) is 22.1. The van der Waals surface area contributed by atoms with E-state index in [4.69, 9.17) is 14.0 Å². The summed E-state index contributed by atoms with van der Waals surface area (Å²) in [5.74, 6) is 0.898. The van der Waals surface area contributed by atoms with Crippen LogP contribution in [0.3, 0.4) is 0 Å². The first-order chi connectivity index (χ1) is 15.2. The molecule has 6 atom stereocenters. The Morgan fingerprint density at radius 3 is 2.36 bits per heavy atom. The van der Waals surface area contributed by atoms with Crippen LogP contribution in [-0.4, -0.2) is 48.4 Å². The summed E-state index contributed by atoms with van der Waals surface area (Å²) in [7, 11) is -0.472. The molecule has 0 aromatic carbocycles. The molecule has 3 saturated carbocycles. The lowest BCUT2D eigenvalue weighted by Crippen LogP contribution is -2.65. The highest BCUT2D eigenvalue weighted by atomic mass is 16.7. The lowest BCUT2D eigenvalue weighted by atomic mass is 9.43. The zero-order chi connectivity index (χ0) is 24.8. The van der Waals surface area contributed by atoms with Crippen LogP contribution in [0.25, 0.3) is 0 Å². The molecule has 33 heavy (non-hydrogen) atoms. The molecule has 2 amide bonds. The Morgan fingerprint density at radius 1 is 1.15 bits per heavy atom. The topological polar surface area (TPSA) is 85.9 Å². The first-order valence-corrected chi connectivity index (χ1v) is 12.8. The second-order valence-electron chi connectivity index (χ2n) is 12.6. The standard InChI is InChI=1S/C25H45BN2O5/c1-10-11-20(26-32-19-14-16-13-18(24(16,7)8)25(19,9)33-26)28-21(29)17(12-15(2)3)27-22(30)31-23(4,5)6/h15-20H,10-14H2,1-9H3,(H,27,30)(H,28,29)/t16-,17-,18-,19+,20-,25-/m0/s1. The van der Waals surface area contributed by atoms with Crippen LogP contribution < -0.4 is 10.6 Å². The monoisotopic (exact) mass is 464 g/mol. The van der Waals surface area contributed by atoms with Crippen molar-refractivity contribution in [3.63, 3.8) is 0 Å². The van der Waals surface area contributed by atoms with Crippen molar-refractivity contribution in [2.45, 2.75) is 124 Å². The zero-order valence-electron chi connectivity index (χ0n) is 22.1. The minimum atomic E-state index is -0.676. The van der Waals surface area contributed by atoms with Gasteiger partial charge in [-0.05, 0) is 76.5 Å². The van der Waals surface area contributed by atoms with Gasteiger partial charge in [-0.25, -0.2) is 4.79 Å². The van der Waals surface area contributed by atoms with Gasteiger partial charge in [-0.3, -0.25) is 4.79 Å². The van der Waals surface area contributed by atoms with E-state index in [0.29, 0.717) is 18.3 Å². The second-order valence-corrected chi connectivity index (χ2v) is 12.6. The van der Waals surface area contributed by atoms with Crippen LogP contribution in [-0.2, 0) is 18.8 Å². The highest BCUT2D eigenvalue weighted by molar-refractivity contribution is 6.47. The maximum absolute atomic E-state index is 13.3. The summed E-state index contributed by atoms with van der Waals surface area (Å²) in [4.78, 5) is 25.7. The van der Waals surface area contributed by atoms with Gasteiger partial charge >= 0.3 is 13.2 Å². The van der Waals surface area contributed by atoms with Crippen LogP contribution >= 0.6 is 0 Å². The molecular formula is C25H45BN2O5. The highest BCUT2D eigenvalue weighted by Crippen LogP contribution is 2.65. The van der Waals surface area contributed by atoms with E-state index in [1.165, 1.54) is 6.42 Å². The van der Waals surface area contributed by atoms with Crippen molar-refractivity contribution in [2.75, 3.05) is 0 Å². The summed E-state index contributed by atoms with van der Waals surface area (Å²) in [5, 5.41) is 5.92. The van der Waals surface area contributed by atoms with Gasteiger partial charge in [0.1, 0.15) is 11.6 Å². The summed E-state index contributed by atoms with van der Waals surface area (Å²) in [6, 6.07) is -0.676. The number of alkyl carbamates (subject to hydrolysis) is 1. The van der Waals surface area contributed by atoms with Crippen molar-refractivity contribution in [3.8, 4) is 0 Å². The van der Waals surface area contributed by atoms with Crippen molar-refractivity contribution < 1.29 is 23.6 Å². The molecule has 0 aromatic heterocycles. The van der Waals surface area contributed by atoms with Gasteiger partial charge in [-0.1, -0.05) is 41.0 Å². The van der Waals surface area contributed by atoms with Gasteiger partial charge in [-0.2, -0.15) is 0 Å². The van der Waals surface area contributed by atoms with Gasteiger partial charge in [0.05, 0.1) is 17.6 Å². The van der Waals surface area contributed by atoms with Crippen LogP contribution in [0.15, 0.2) is 0 Å². The number of nitrogens with one attached hydrogen (secondary N) is 2. The number of rotatable bonds is 8. The normalized spacial score (nSPS) is 31.9. The van der Waals surface area contributed by atoms with Crippen molar-refractivity contribution in [1.29, 1.82) is 0 Å². The van der Waals surface area contributed by atoms with E-state index in [2.05, 4.69) is 38.3 Å². The molecule has 2 bridgehead atoms. The van der Waals surface area contributed by atoms with E-state index in [1.54, 1.807) is 0 Å². The fourth-order valence-corrected chi connectivity index (χ4v) is 6.09. The van der Waals surface area contributed by atoms with Crippen LogP contribution in [0.5, 0.6) is 0 Å². The van der Waals surface area contributed by atoms with Crippen LogP contribution in [0.1, 0.15) is 94.4 Å². The predicted octanol–water partition coefficient (Wildman–Crippen LogP) is 4.48. The Labute approximate surface area is 200 Å². The van der Waals surface area contributed by atoms with Crippen molar-refractivity contribution in [3.05, 3.63) is 0 Å². The van der Waals surface area contributed by atoms with E-state index in [1.807, 2.05) is 34.6 Å². The fraction of sp³-hybridized carbons (Fsp3) is 0.920. The lowest BCUT2D eigenvalue weighted by Gasteiger charge is -2.64. The van der Waals surface area contributed by atoms with E-state index in [9.17, 15) is 9.59 Å². The third-order valence-corrected chi connectivity index (χ3v) is 7.94. The smallest absolute Gasteiger partial charge is 0.444 e. The van der Waals surface area contributed by atoms with Gasteiger partial charge in [0, 0.05) is 0 Å². The Balaban J connectivity index is 1.69. The number of hydrogen-bond acceptors (Lipinski definition) is 5. The Morgan fingerprint density at radius 2 is 1.82 bits per heavy atom. The average molecular weight is 464 g/mol. The van der Waals surface area contributed by atoms with Gasteiger partial charge in [-0.15, -0.1) is 0 Å². The maximum Gasteiger partial charge on any atom is 0.481 e. The predicted molar refractivity (Wildman–Crippen MR) is 130 cm³/mol. The lowest BCUT2D eigenvalue weighted by molar-refractivity contribution is -0.199. The quantitative estimate of drug-likeness (QED) is 0.518. The Bertz CT molecular complexity index is 737. The maximum atomic E-state index is 13.3. The van der Waals surface area contributed by atoms with Gasteiger partial charge in [0.2, 0.25) is 5.91 Å². The van der Waals surface area contributed by atoms with E-state index >= 15 is 0 Å². The molecule has 1 saturated heterocycles. The second kappa shape index (κ2) is 9.41. The summed E-state index contributed by atoms with van der Waals surface area (Å²) >= 11 is 0. The largest absolute Gasteiger partial charge is 0.481 e. The summed E-state index contributed by atoms with van der Waals surface area (Å²) < 4.78 is 18.4. The SMILES string of the molecule is CCC[C@H](NC(=O)[C@H](CC(C)C)NC(=O)OC(C)(C)C)B1O[C@@H]2C[C@@H]3C[C@@H](C3(C)C)[C@]2(C)O1. The van der Waals surface area contributed by atoms with E-state index < -0.39 is 24.9 Å². The first-order valence-electron chi connectivity index (χ1n) is 12.8. The number of amides is 2. The van der Waals surface area contributed by atoms with Crippen molar-refractivity contribution >= 4 is 19.1 Å². The third-order valence-electron chi connectivity index (χ3n) is 7.94. The molecule has 4 fully saturated rings.